The van der Waals surface area contributed by atoms with E-state index in [-0.39, 0.29) is 41.6 Å². The van der Waals surface area contributed by atoms with E-state index in [0.29, 0.717) is 18.3 Å². The third-order valence-electron chi connectivity index (χ3n) is 9.55. The summed E-state index contributed by atoms with van der Waals surface area (Å²) in [5, 5.41) is 19.6. The Morgan fingerprint density at radius 3 is 2.52 bits per heavy atom. The largest absolute Gasteiger partial charge is 0.417 e. The Kier molecular flexibility index (Phi) is 4.91. The summed E-state index contributed by atoms with van der Waals surface area (Å²) in [6.07, 6.45) is 1.54. The molecule has 4 rings (SSSR count). The first kappa shape index (κ1) is 21.2. The summed E-state index contributed by atoms with van der Waals surface area (Å²) in [6.45, 7) is 4.41. The number of nitriles is 1. The van der Waals surface area contributed by atoms with Gasteiger partial charge in [0.15, 0.2) is 5.60 Å². The van der Waals surface area contributed by atoms with Gasteiger partial charge < -0.3 is 9.84 Å². The van der Waals surface area contributed by atoms with E-state index in [2.05, 4.69) is 19.9 Å². The maximum atomic E-state index is 13.5. The van der Waals surface area contributed by atoms with Crippen molar-refractivity contribution in [2.45, 2.75) is 83.1 Å². The predicted molar refractivity (Wildman–Crippen MR) is 103 cm³/mol. The van der Waals surface area contributed by atoms with Crippen LogP contribution in [0.5, 0.6) is 0 Å². The number of halogens is 3. The van der Waals surface area contributed by atoms with Crippen LogP contribution in [-0.2, 0) is 4.74 Å². The Balaban J connectivity index is 1.68. The van der Waals surface area contributed by atoms with E-state index in [4.69, 9.17) is 4.74 Å². The molecule has 0 amide bonds. The Labute approximate surface area is 171 Å². The minimum Gasteiger partial charge on any atom is -0.381 e. The van der Waals surface area contributed by atoms with Crippen molar-refractivity contribution in [3.8, 4) is 6.07 Å². The second kappa shape index (κ2) is 6.72. The van der Waals surface area contributed by atoms with Crippen LogP contribution < -0.4 is 0 Å². The van der Waals surface area contributed by atoms with Crippen molar-refractivity contribution >= 4 is 0 Å². The average Bonchev–Trinajstić information content (AvgIpc) is 2.97. The van der Waals surface area contributed by atoms with Gasteiger partial charge in [0.1, 0.15) is 0 Å². The number of allylic oxidation sites excluding steroid dienone is 2. The van der Waals surface area contributed by atoms with Crippen LogP contribution in [-0.4, -0.2) is 30.1 Å². The van der Waals surface area contributed by atoms with E-state index in [1.165, 1.54) is 5.57 Å². The van der Waals surface area contributed by atoms with Crippen LogP contribution in [0.25, 0.3) is 0 Å². The maximum absolute atomic E-state index is 13.5. The molecule has 0 unspecified atom stereocenters. The smallest absolute Gasteiger partial charge is 0.381 e. The van der Waals surface area contributed by atoms with Crippen LogP contribution in [0.1, 0.15) is 65.2 Å². The minimum atomic E-state index is -4.57. The topological polar surface area (TPSA) is 53.2 Å². The fourth-order valence-electron chi connectivity index (χ4n) is 7.98. The highest BCUT2D eigenvalue weighted by molar-refractivity contribution is 5.29. The zero-order chi connectivity index (χ0) is 21.2. The molecule has 0 spiro atoms. The molecule has 4 aliphatic rings. The zero-order valence-electron chi connectivity index (χ0n) is 17.6. The van der Waals surface area contributed by atoms with Gasteiger partial charge in [0, 0.05) is 13.2 Å². The SMILES string of the molecule is CO[C@H]1C[C@]2(C)/C(=C\C#N)CC[C@H]2[C@@H]2CC[C@H]3C[C@@](O)(C(F)(F)F)CC[C@]3(C)[C@H]21. The highest BCUT2D eigenvalue weighted by Gasteiger charge is 2.66. The molecular weight excluding hydrogens is 379 g/mol. The van der Waals surface area contributed by atoms with Crippen molar-refractivity contribution < 1.29 is 23.0 Å². The third kappa shape index (κ3) is 2.91. The number of alkyl halides is 3. The Morgan fingerprint density at radius 2 is 1.90 bits per heavy atom. The lowest BCUT2D eigenvalue weighted by Crippen LogP contribution is -2.62. The molecule has 0 aromatic carbocycles. The van der Waals surface area contributed by atoms with Gasteiger partial charge in [-0.3, -0.25) is 0 Å². The summed E-state index contributed by atoms with van der Waals surface area (Å²) in [4.78, 5) is 0. The molecule has 1 N–H and O–H groups in total. The van der Waals surface area contributed by atoms with Gasteiger partial charge in [-0.05, 0) is 85.9 Å². The number of hydrogen-bond donors (Lipinski definition) is 1. The van der Waals surface area contributed by atoms with E-state index in [9.17, 15) is 23.5 Å². The third-order valence-corrected chi connectivity index (χ3v) is 9.55. The predicted octanol–water partition coefficient (Wildman–Crippen LogP) is 5.40. The van der Waals surface area contributed by atoms with Crippen LogP contribution in [0.15, 0.2) is 11.6 Å². The van der Waals surface area contributed by atoms with E-state index < -0.39 is 11.8 Å². The molecule has 0 saturated heterocycles. The standard InChI is InChI=1S/C23H32F3NO2/c1-20-9-10-22(28,23(24,25)26)12-15(20)4-6-16-17-7-5-14(8-11-27)21(17,2)13-18(29-3)19(16)20/h8,15-19,28H,4-7,9-10,12-13H2,1-3H3/b14-8-/t15-,16-,17-,18-,19+,20-,21+,22+/m0/s1. The molecule has 29 heavy (non-hydrogen) atoms. The van der Waals surface area contributed by atoms with Gasteiger partial charge in [0.05, 0.1) is 12.2 Å². The maximum Gasteiger partial charge on any atom is 0.417 e. The molecule has 0 aliphatic heterocycles. The number of hydrogen-bond acceptors (Lipinski definition) is 3. The number of fused-ring (bicyclic) bond motifs is 5. The van der Waals surface area contributed by atoms with E-state index in [1.54, 1.807) is 13.2 Å². The van der Waals surface area contributed by atoms with E-state index >= 15 is 0 Å². The Morgan fingerprint density at radius 1 is 1.17 bits per heavy atom. The fraction of sp³-hybridized carbons (Fsp3) is 0.870. The molecule has 4 fully saturated rings. The lowest BCUT2D eigenvalue weighted by atomic mass is 9.43. The summed E-state index contributed by atoms with van der Waals surface area (Å²) < 4.78 is 46.6. The van der Waals surface area contributed by atoms with Crippen LogP contribution in [0.4, 0.5) is 13.2 Å². The van der Waals surface area contributed by atoms with Crippen molar-refractivity contribution in [2.75, 3.05) is 7.11 Å². The van der Waals surface area contributed by atoms with Crippen molar-refractivity contribution in [1.82, 2.24) is 0 Å². The van der Waals surface area contributed by atoms with Gasteiger partial charge in [-0.2, -0.15) is 18.4 Å². The normalized spacial score (nSPS) is 51.1. The molecule has 0 bridgehead atoms. The summed E-state index contributed by atoms with van der Waals surface area (Å²) in [7, 11) is 1.72. The van der Waals surface area contributed by atoms with Crippen molar-refractivity contribution in [1.29, 1.82) is 5.26 Å². The monoisotopic (exact) mass is 411 g/mol. The highest BCUT2D eigenvalue weighted by Crippen LogP contribution is 2.68. The van der Waals surface area contributed by atoms with Crippen LogP contribution >= 0.6 is 0 Å². The van der Waals surface area contributed by atoms with Gasteiger partial charge >= 0.3 is 6.18 Å². The molecule has 0 aromatic rings. The van der Waals surface area contributed by atoms with Gasteiger partial charge in [0.25, 0.3) is 0 Å². The second-order valence-electron chi connectivity index (χ2n) is 10.5. The summed E-state index contributed by atoms with van der Waals surface area (Å²) in [5.41, 5.74) is -1.63. The summed E-state index contributed by atoms with van der Waals surface area (Å²) in [5.74, 6) is 0.937. The number of ether oxygens (including phenoxy) is 1. The number of methoxy groups -OCH3 is 1. The van der Waals surface area contributed by atoms with Crippen molar-refractivity contribution in [2.24, 2.45) is 34.5 Å². The molecule has 4 aliphatic carbocycles. The van der Waals surface area contributed by atoms with Crippen LogP contribution in [0.3, 0.4) is 0 Å². The van der Waals surface area contributed by atoms with Crippen LogP contribution in [0.2, 0.25) is 0 Å². The molecule has 4 saturated carbocycles. The fourth-order valence-corrected chi connectivity index (χ4v) is 7.98. The quantitative estimate of drug-likeness (QED) is 0.588. The molecule has 6 heteroatoms. The molecule has 0 heterocycles. The van der Waals surface area contributed by atoms with E-state index in [1.807, 2.05) is 0 Å². The van der Waals surface area contributed by atoms with Gasteiger partial charge in [0.2, 0.25) is 0 Å². The molecule has 8 atom stereocenters. The van der Waals surface area contributed by atoms with Crippen LogP contribution in [0, 0.1) is 45.8 Å². The zero-order valence-corrected chi connectivity index (χ0v) is 17.6. The van der Waals surface area contributed by atoms with Crippen molar-refractivity contribution in [3.05, 3.63) is 11.6 Å². The minimum absolute atomic E-state index is 0.0219. The first-order valence-corrected chi connectivity index (χ1v) is 10.9. The lowest BCUT2D eigenvalue weighted by molar-refractivity contribution is -0.293. The summed E-state index contributed by atoms with van der Waals surface area (Å²) >= 11 is 0. The van der Waals surface area contributed by atoms with Gasteiger partial charge in [-0.25, -0.2) is 0 Å². The second-order valence-corrected chi connectivity index (χ2v) is 10.5. The van der Waals surface area contributed by atoms with E-state index in [0.717, 1.165) is 32.1 Å². The number of nitrogens with zero attached hydrogens (tertiary/aromatic N) is 1. The number of rotatable bonds is 1. The molecule has 162 valence electrons. The molecule has 0 aromatic heterocycles. The average molecular weight is 412 g/mol. The number of aliphatic hydroxyl groups is 1. The highest BCUT2D eigenvalue weighted by atomic mass is 19.4. The molecule has 0 radical (unpaired) electrons. The first-order chi connectivity index (χ1) is 13.5. The van der Waals surface area contributed by atoms with Gasteiger partial charge in [-0.1, -0.05) is 19.4 Å². The summed E-state index contributed by atoms with van der Waals surface area (Å²) in [6, 6.07) is 2.21. The molecular formula is C23H32F3NO2. The Hall–Kier alpha value is -1.06. The first-order valence-electron chi connectivity index (χ1n) is 10.9. The molecule has 3 nitrogen and oxygen atoms in total. The Bertz CT molecular complexity index is 743. The van der Waals surface area contributed by atoms with Crippen molar-refractivity contribution in [3.63, 3.8) is 0 Å². The lowest BCUT2D eigenvalue weighted by Gasteiger charge is -2.63. The van der Waals surface area contributed by atoms with Gasteiger partial charge in [-0.15, -0.1) is 0 Å².